The highest BCUT2D eigenvalue weighted by Gasteiger charge is 2.60. The van der Waals surface area contributed by atoms with E-state index in [0.29, 0.717) is 0 Å². The Kier molecular flexibility index (Phi) is 12.0. The normalized spacial score (nSPS) is 47.7. The van der Waals surface area contributed by atoms with E-state index in [1.807, 2.05) is 0 Å². The second-order valence-electron chi connectivity index (χ2n) is 12.9. The summed E-state index contributed by atoms with van der Waals surface area (Å²) in [6.45, 7) is 1.17. The zero-order chi connectivity index (χ0) is 34.1. The summed E-state index contributed by atoms with van der Waals surface area (Å²) in [6, 6.07) is -2.73. The smallest absolute Gasteiger partial charge is 0.187 e. The van der Waals surface area contributed by atoms with Gasteiger partial charge in [0.2, 0.25) is 0 Å². The molecule has 4 aliphatic rings. The molecule has 2 aliphatic carbocycles. The van der Waals surface area contributed by atoms with Gasteiger partial charge < -0.3 is 87.6 Å². The lowest BCUT2D eigenvalue weighted by atomic mass is 9.76. The molecule has 2 heterocycles. The first-order valence-corrected chi connectivity index (χ1v) is 15.3. The Balaban J connectivity index is 1.55. The second kappa shape index (κ2) is 14.8. The number of nitrogens with one attached hydrogen (secondary N) is 2. The molecule has 2 saturated carbocycles. The first kappa shape index (κ1) is 37.2. The Morgan fingerprint density at radius 2 is 1.67 bits per heavy atom. The Labute approximate surface area is 265 Å². The van der Waals surface area contributed by atoms with Gasteiger partial charge in [-0.2, -0.15) is 0 Å². The van der Waals surface area contributed by atoms with E-state index >= 15 is 0 Å². The van der Waals surface area contributed by atoms with E-state index in [1.54, 1.807) is 0 Å². The lowest BCUT2D eigenvalue weighted by Crippen LogP contribution is -2.67. The fourth-order valence-corrected chi connectivity index (χ4v) is 6.59. The third-order valence-corrected chi connectivity index (χ3v) is 9.29. The van der Waals surface area contributed by atoms with Crippen LogP contribution in [0.2, 0.25) is 0 Å². The molecule has 2 aliphatic heterocycles. The second-order valence-corrected chi connectivity index (χ2v) is 12.9. The van der Waals surface area contributed by atoms with Crippen molar-refractivity contribution in [1.82, 2.24) is 10.6 Å². The van der Waals surface area contributed by atoms with Crippen molar-refractivity contribution in [1.29, 1.82) is 0 Å². The van der Waals surface area contributed by atoms with E-state index in [-0.39, 0.29) is 51.5 Å². The van der Waals surface area contributed by atoms with E-state index < -0.39 is 102 Å². The minimum Gasteiger partial charge on any atom is -0.395 e. The van der Waals surface area contributed by atoms with Crippen LogP contribution in [0.5, 0.6) is 0 Å². The molecule has 0 aromatic rings. The Morgan fingerprint density at radius 3 is 2.30 bits per heavy atom. The molecule has 16 N–H and O–H groups in total. The average Bonchev–Trinajstić information content (AvgIpc) is 3.64. The number of likely N-dealkylation sites (N-methyl/N-ethyl adjacent to an activating group) is 1. The number of aliphatic imine (C=N–C) groups is 1. The largest absolute Gasteiger partial charge is 0.395 e. The molecule has 46 heavy (non-hydrogen) atoms. The summed E-state index contributed by atoms with van der Waals surface area (Å²) in [6.07, 6.45) is -15.0. The van der Waals surface area contributed by atoms with Gasteiger partial charge in [0.1, 0.15) is 53.9 Å². The molecule has 16 atom stereocenters. The van der Waals surface area contributed by atoms with Crippen molar-refractivity contribution in [3.05, 3.63) is 0 Å². The maximum atomic E-state index is 13.3. The van der Waals surface area contributed by atoms with Crippen LogP contribution in [0.4, 0.5) is 0 Å². The van der Waals surface area contributed by atoms with Crippen LogP contribution in [-0.2, 0) is 23.7 Å². The Hall–Kier alpha value is -1.66. The molecule has 0 aromatic carbocycles. The number of rotatable bonds is 13. The summed E-state index contributed by atoms with van der Waals surface area (Å²) in [4.78, 5) is 17.1. The van der Waals surface area contributed by atoms with Gasteiger partial charge in [-0.15, -0.1) is 0 Å². The van der Waals surface area contributed by atoms with Gasteiger partial charge in [0.15, 0.2) is 24.3 Å². The molecule has 0 aromatic heterocycles. The lowest BCUT2D eigenvalue weighted by molar-refractivity contribution is -0.333. The Bertz CT molecular complexity index is 1070. The summed E-state index contributed by atoms with van der Waals surface area (Å²) in [5, 5.41) is 90.4. The number of aliphatic hydroxyl groups excluding tert-OH is 6. The van der Waals surface area contributed by atoms with Crippen molar-refractivity contribution < 1.29 is 64.6 Å². The highest BCUT2D eigenvalue weighted by molar-refractivity contribution is 5.92. The van der Waals surface area contributed by atoms with Crippen LogP contribution >= 0.6 is 0 Å². The molecular formula is C27H50N6O13. The standard InChI is InChI=1S/C27H50N6O13/c1-26(41)9-43-23(19(40)22(26)31-2)45-20-10(6-14(35)27(42)7-13(27)33-25(29)30)5-11(28)21(18(20)39)46-24-17(38)16(37)15(36)12(44-24)8-32-3-4-34/h10-13,15-24,31-32,34,36-42H,3-9,28H2,1-2H3,(H4,29,30,33)/t10-,11-,12+,13?,15+,16-,17+,18+,19+,20-,21?,22+,23+,24+,26-,27?/m0/s1. The van der Waals surface area contributed by atoms with Gasteiger partial charge in [-0.1, -0.05) is 0 Å². The number of guanidine groups is 1. The van der Waals surface area contributed by atoms with Gasteiger partial charge in [-0.05, 0) is 26.3 Å². The number of ether oxygens (including phenoxy) is 4. The summed E-state index contributed by atoms with van der Waals surface area (Å²) >= 11 is 0. The van der Waals surface area contributed by atoms with Crippen molar-refractivity contribution >= 4 is 11.7 Å². The van der Waals surface area contributed by atoms with E-state index in [9.17, 15) is 40.5 Å². The fourth-order valence-electron chi connectivity index (χ4n) is 6.59. The number of ketones is 1. The summed E-state index contributed by atoms with van der Waals surface area (Å²) in [5.41, 5.74) is 13.9. The molecular weight excluding hydrogens is 616 g/mol. The zero-order valence-electron chi connectivity index (χ0n) is 25.8. The first-order valence-electron chi connectivity index (χ1n) is 15.3. The SMILES string of the molecule is CN[C@@H]1[C@@H](O)[C@@H](O[C@H]2[C@H](CC(=O)C3(O)CC3N=C(N)N)C[C@H](N)C(O[C@H]3O[C@H](CNCCO)[C@@H](O)[C@H](O)[C@H]3O)[C@@H]2O)OC[C@]1(C)O. The van der Waals surface area contributed by atoms with Crippen molar-refractivity contribution in [3.8, 4) is 0 Å². The van der Waals surface area contributed by atoms with E-state index in [2.05, 4.69) is 15.6 Å². The maximum absolute atomic E-state index is 13.3. The predicted octanol–water partition coefficient (Wildman–Crippen LogP) is -7.35. The molecule has 0 spiro atoms. The number of hydrogen-bond acceptors (Lipinski definition) is 17. The summed E-state index contributed by atoms with van der Waals surface area (Å²) in [5.74, 6) is -1.77. The molecule has 266 valence electrons. The highest BCUT2D eigenvalue weighted by atomic mass is 16.7. The van der Waals surface area contributed by atoms with Crippen molar-refractivity contribution in [2.24, 2.45) is 28.1 Å². The molecule has 4 fully saturated rings. The third-order valence-electron chi connectivity index (χ3n) is 9.29. The van der Waals surface area contributed by atoms with Crippen molar-refractivity contribution in [3.63, 3.8) is 0 Å². The quantitative estimate of drug-likeness (QED) is 0.0493. The molecule has 3 unspecified atom stereocenters. The molecule has 0 radical (unpaired) electrons. The lowest BCUT2D eigenvalue weighted by Gasteiger charge is -2.49. The van der Waals surface area contributed by atoms with Crippen LogP contribution < -0.4 is 27.8 Å². The van der Waals surface area contributed by atoms with Gasteiger partial charge in [0, 0.05) is 32.0 Å². The Morgan fingerprint density at radius 1 is 1.00 bits per heavy atom. The minimum atomic E-state index is -1.83. The summed E-state index contributed by atoms with van der Waals surface area (Å²) in [7, 11) is 1.53. The van der Waals surface area contributed by atoms with Gasteiger partial charge in [-0.3, -0.25) is 4.79 Å². The number of carbonyl (C=O) groups is 1. The maximum Gasteiger partial charge on any atom is 0.187 e. The number of carbonyl (C=O) groups excluding carboxylic acids is 1. The van der Waals surface area contributed by atoms with Gasteiger partial charge in [-0.25, -0.2) is 4.99 Å². The zero-order valence-corrected chi connectivity index (χ0v) is 25.8. The van der Waals surface area contributed by atoms with Crippen molar-refractivity contribution in [2.45, 2.75) is 117 Å². The van der Waals surface area contributed by atoms with Crippen LogP contribution in [0.15, 0.2) is 4.99 Å². The van der Waals surface area contributed by atoms with Crippen LogP contribution in [0.3, 0.4) is 0 Å². The van der Waals surface area contributed by atoms with Crippen LogP contribution in [0.1, 0.15) is 26.2 Å². The number of Topliss-reactive ketones (excluding diaryl/α,β-unsaturated/α-hetero) is 1. The number of nitrogens with zero attached hydrogens (tertiary/aromatic N) is 1. The molecule has 0 bridgehead atoms. The van der Waals surface area contributed by atoms with Gasteiger partial charge >= 0.3 is 0 Å². The highest BCUT2D eigenvalue weighted by Crippen LogP contribution is 2.43. The van der Waals surface area contributed by atoms with Gasteiger partial charge in [0.05, 0.1) is 31.4 Å². The topological polar surface area (TPSA) is 330 Å². The average molecular weight is 667 g/mol. The van der Waals surface area contributed by atoms with Crippen LogP contribution in [0, 0.1) is 5.92 Å². The molecule has 0 amide bonds. The third kappa shape index (κ3) is 7.80. The minimum absolute atomic E-state index is 0.00881. The first-order chi connectivity index (χ1) is 21.5. The number of nitrogens with two attached hydrogens (primary N) is 3. The fraction of sp³-hybridized carbons (Fsp3) is 0.926. The van der Waals surface area contributed by atoms with Crippen LogP contribution in [0.25, 0.3) is 0 Å². The molecule has 19 nitrogen and oxygen atoms in total. The number of aliphatic hydroxyl groups is 8. The van der Waals surface area contributed by atoms with Crippen molar-refractivity contribution in [2.75, 3.05) is 33.4 Å². The van der Waals surface area contributed by atoms with Gasteiger partial charge in [0.25, 0.3) is 0 Å². The molecule has 2 saturated heterocycles. The van der Waals surface area contributed by atoms with Crippen LogP contribution in [-0.4, -0.2) is 177 Å². The van der Waals surface area contributed by atoms with E-state index in [4.69, 9.17) is 41.3 Å². The molecule has 4 rings (SSSR count). The van der Waals surface area contributed by atoms with E-state index in [0.717, 1.165) is 0 Å². The van der Waals surface area contributed by atoms with E-state index in [1.165, 1.54) is 14.0 Å². The summed E-state index contributed by atoms with van der Waals surface area (Å²) < 4.78 is 23.4. The monoisotopic (exact) mass is 666 g/mol. The number of hydrogen-bond donors (Lipinski definition) is 13. The predicted molar refractivity (Wildman–Crippen MR) is 156 cm³/mol. The molecule has 19 heteroatoms.